The van der Waals surface area contributed by atoms with Crippen molar-refractivity contribution in [3.63, 3.8) is 0 Å². The van der Waals surface area contributed by atoms with Gasteiger partial charge in [-0.1, -0.05) is 22.7 Å². The molecule has 94 valence electrons. The first-order chi connectivity index (χ1) is 7.65. The van der Waals surface area contributed by atoms with Crippen LogP contribution in [-0.4, -0.2) is 41.0 Å². The summed E-state index contributed by atoms with van der Waals surface area (Å²) in [6.07, 6.45) is 3.66. The Morgan fingerprint density at radius 1 is 1.62 bits per heavy atom. The van der Waals surface area contributed by atoms with Gasteiger partial charge in [-0.05, 0) is 19.3 Å². The van der Waals surface area contributed by atoms with Crippen molar-refractivity contribution in [2.45, 2.75) is 44.7 Å². The van der Waals surface area contributed by atoms with Gasteiger partial charge >= 0.3 is 5.97 Å². The largest absolute Gasteiger partial charge is 0.480 e. The molecule has 1 aliphatic heterocycles. The predicted octanol–water partition coefficient (Wildman–Crippen LogP) is 1.02. The molecule has 0 aromatic carbocycles. The fourth-order valence-electron chi connectivity index (χ4n) is 1.75. The van der Waals surface area contributed by atoms with Gasteiger partial charge in [0.25, 0.3) is 0 Å². The van der Waals surface area contributed by atoms with Gasteiger partial charge in [0.2, 0.25) is 0 Å². The Kier molecular flexibility index (Phi) is 6.21. The van der Waals surface area contributed by atoms with E-state index in [-0.39, 0.29) is 12.1 Å². The van der Waals surface area contributed by atoms with Crippen LogP contribution in [0.15, 0.2) is 0 Å². The highest BCUT2D eigenvalue weighted by atomic mass is 31.0. The second kappa shape index (κ2) is 7.17. The molecule has 3 atom stereocenters. The van der Waals surface area contributed by atoms with Crippen LogP contribution in [0, 0.1) is 0 Å². The zero-order chi connectivity index (χ0) is 12.0. The Bertz CT molecular complexity index is 228. The molecule has 5 nitrogen and oxygen atoms in total. The van der Waals surface area contributed by atoms with Crippen LogP contribution in [0.25, 0.3) is 0 Å². The molecule has 2 N–H and O–H groups in total. The average molecular weight is 248 g/mol. The van der Waals surface area contributed by atoms with Crippen molar-refractivity contribution in [1.29, 1.82) is 0 Å². The van der Waals surface area contributed by atoms with Gasteiger partial charge in [-0.25, -0.2) is 0 Å². The maximum Gasteiger partial charge on any atom is 0.321 e. The van der Waals surface area contributed by atoms with E-state index in [0.29, 0.717) is 19.6 Å². The van der Waals surface area contributed by atoms with E-state index in [2.05, 4.69) is 21.8 Å². The number of carbonyl (C=O) groups is 1. The van der Waals surface area contributed by atoms with Crippen molar-refractivity contribution in [2.24, 2.45) is 0 Å². The van der Waals surface area contributed by atoms with Crippen LogP contribution in [0.1, 0.15) is 32.6 Å². The SMILES string of the molecule is CCCCON[C@@H]1CC[C@@H](C(=O)O)N(P)C1. The fraction of sp³-hybridized carbons (Fsp3) is 0.900. The van der Waals surface area contributed by atoms with E-state index in [0.717, 1.165) is 19.3 Å². The van der Waals surface area contributed by atoms with Crippen LogP contribution in [0.5, 0.6) is 0 Å². The molecule has 0 aromatic rings. The Labute approximate surface area is 98.7 Å². The molecule has 1 unspecified atom stereocenters. The van der Waals surface area contributed by atoms with Crippen LogP contribution in [0.2, 0.25) is 0 Å². The lowest BCUT2D eigenvalue weighted by molar-refractivity contribution is -0.142. The van der Waals surface area contributed by atoms with E-state index in [1.54, 1.807) is 4.67 Å². The third kappa shape index (κ3) is 4.34. The van der Waals surface area contributed by atoms with Crippen LogP contribution < -0.4 is 5.48 Å². The zero-order valence-electron chi connectivity index (χ0n) is 9.69. The summed E-state index contributed by atoms with van der Waals surface area (Å²) < 4.78 is 1.78. The highest BCUT2D eigenvalue weighted by Gasteiger charge is 2.30. The molecule has 0 spiro atoms. The molecule has 0 aliphatic carbocycles. The summed E-state index contributed by atoms with van der Waals surface area (Å²) in [6, 6.07) is -0.149. The van der Waals surface area contributed by atoms with Gasteiger partial charge in [0.15, 0.2) is 0 Å². The first-order valence-corrected chi connectivity index (χ1v) is 6.28. The Morgan fingerprint density at radius 2 is 2.38 bits per heavy atom. The third-order valence-electron chi connectivity index (χ3n) is 2.76. The van der Waals surface area contributed by atoms with Crippen molar-refractivity contribution < 1.29 is 14.7 Å². The molecule has 0 amide bonds. The summed E-state index contributed by atoms with van der Waals surface area (Å²) >= 11 is 0. The van der Waals surface area contributed by atoms with Crippen molar-refractivity contribution in [3.8, 4) is 0 Å². The molecule has 1 saturated heterocycles. The quantitative estimate of drug-likeness (QED) is 0.417. The lowest BCUT2D eigenvalue weighted by atomic mass is 10.0. The van der Waals surface area contributed by atoms with Crippen LogP contribution in [-0.2, 0) is 9.63 Å². The topological polar surface area (TPSA) is 61.8 Å². The molecule has 0 saturated carbocycles. The molecule has 1 fully saturated rings. The smallest absolute Gasteiger partial charge is 0.321 e. The number of carboxylic acid groups (broad SMARTS) is 1. The van der Waals surface area contributed by atoms with Gasteiger partial charge < -0.3 is 9.94 Å². The molecular weight excluding hydrogens is 227 g/mol. The Morgan fingerprint density at radius 3 is 2.94 bits per heavy atom. The van der Waals surface area contributed by atoms with Gasteiger partial charge in [0.05, 0.1) is 6.61 Å². The van der Waals surface area contributed by atoms with E-state index >= 15 is 0 Å². The van der Waals surface area contributed by atoms with Gasteiger partial charge in [-0.3, -0.25) is 9.46 Å². The maximum absolute atomic E-state index is 10.9. The van der Waals surface area contributed by atoms with E-state index in [1.807, 2.05) is 0 Å². The van der Waals surface area contributed by atoms with Gasteiger partial charge in [0.1, 0.15) is 6.04 Å². The number of nitrogens with one attached hydrogen (secondary N) is 1. The number of hydrogen-bond donors (Lipinski definition) is 2. The molecule has 1 rings (SSSR count). The second-order valence-electron chi connectivity index (χ2n) is 4.14. The summed E-state index contributed by atoms with van der Waals surface area (Å²) in [4.78, 5) is 16.2. The van der Waals surface area contributed by atoms with E-state index in [9.17, 15) is 4.79 Å². The summed E-state index contributed by atoms with van der Waals surface area (Å²) in [6.45, 7) is 3.52. The third-order valence-corrected chi connectivity index (χ3v) is 3.33. The summed E-state index contributed by atoms with van der Waals surface area (Å²) in [5.74, 6) is -0.750. The summed E-state index contributed by atoms with van der Waals surface area (Å²) in [5, 5.41) is 8.93. The summed E-state index contributed by atoms with van der Waals surface area (Å²) in [5.41, 5.74) is 3.00. The van der Waals surface area contributed by atoms with Gasteiger partial charge in [-0.2, -0.15) is 5.48 Å². The first-order valence-electron chi connectivity index (χ1n) is 5.76. The molecule has 0 bridgehead atoms. The summed E-state index contributed by atoms with van der Waals surface area (Å²) in [7, 11) is 2.48. The normalized spacial score (nSPS) is 26.9. The standard InChI is InChI=1S/C10H21N2O3P/c1-2-3-6-15-11-8-4-5-9(10(13)14)12(16)7-8/h8-9,11H,2-7,16H2,1H3,(H,13,14)/t8-,9+/m1/s1. The van der Waals surface area contributed by atoms with Crippen LogP contribution in [0.3, 0.4) is 0 Å². The molecule has 0 aromatic heterocycles. The van der Waals surface area contributed by atoms with Crippen molar-refractivity contribution in [2.75, 3.05) is 13.2 Å². The average Bonchev–Trinajstić information content (AvgIpc) is 2.24. The first kappa shape index (κ1) is 13.8. The number of rotatable bonds is 6. The monoisotopic (exact) mass is 248 g/mol. The number of hydroxylamine groups is 1. The minimum absolute atomic E-state index is 0.227. The number of nitrogens with zero attached hydrogens (tertiary/aromatic N) is 1. The molecule has 1 heterocycles. The Balaban J connectivity index is 2.21. The molecule has 16 heavy (non-hydrogen) atoms. The minimum atomic E-state index is -0.750. The second-order valence-corrected chi connectivity index (χ2v) is 4.81. The number of piperidine rings is 1. The lowest BCUT2D eigenvalue weighted by Gasteiger charge is -2.34. The van der Waals surface area contributed by atoms with E-state index in [4.69, 9.17) is 9.94 Å². The highest BCUT2D eigenvalue weighted by molar-refractivity contribution is 7.13. The number of hydrogen-bond acceptors (Lipinski definition) is 4. The molecular formula is C10H21N2O3P. The van der Waals surface area contributed by atoms with Crippen LogP contribution in [0.4, 0.5) is 0 Å². The van der Waals surface area contributed by atoms with Crippen molar-refractivity contribution >= 4 is 15.4 Å². The zero-order valence-corrected chi connectivity index (χ0v) is 10.8. The van der Waals surface area contributed by atoms with Crippen LogP contribution >= 0.6 is 9.39 Å². The number of aliphatic carboxylic acids is 1. The fourth-order valence-corrected chi connectivity index (χ4v) is 2.28. The van der Waals surface area contributed by atoms with Crippen molar-refractivity contribution in [1.82, 2.24) is 10.2 Å². The molecule has 6 heteroatoms. The molecule has 0 radical (unpaired) electrons. The molecule has 1 aliphatic rings. The van der Waals surface area contributed by atoms with E-state index in [1.165, 1.54) is 0 Å². The Hall–Kier alpha value is -0.220. The maximum atomic E-state index is 10.9. The number of unbranched alkanes of at least 4 members (excludes halogenated alkanes) is 1. The van der Waals surface area contributed by atoms with Gasteiger partial charge in [0, 0.05) is 12.6 Å². The highest BCUT2D eigenvalue weighted by Crippen LogP contribution is 2.20. The predicted molar refractivity (Wildman–Crippen MR) is 64.9 cm³/mol. The van der Waals surface area contributed by atoms with Crippen molar-refractivity contribution in [3.05, 3.63) is 0 Å². The lowest BCUT2D eigenvalue weighted by Crippen LogP contribution is -2.49. The minimum Gasteiger partial charge on any atom is -0.480 e. The van der Waals surface area contributed by atoms with E-state index < -0.39 is 5.97 Å². The number of carboxylic acids is 1. The van der Waals surface area contributed by atoms with Gasteiger partial charge in [-0.15, -0.1) is 0 Å².